The molecule has 0 radical (unpaired) electrons. The molecule has 0 saturated carbocycles. The molecule has 2 aromatic rings. The Morgan fingerprint density at radius 1 is 1.33 bits per heavy atom. The first-order chi connectivity index (χ1) is 10.3. The summed E-state index contributed by atoms with van der Waals surface area (Å²) >= 11 is 0. The van der Waals surface area contributed by atoms with Gasteiger partial charge in [0.05, 0.1) is 25.3 Å². The minimum atomic E-state index is -0.173. The lowest BCUT2D eigenvalue weighted by atomic mass is 10.1. The second-order valence-corrected chi connectivity index (χ2v) is 5.22. The zero-order chi connectivity index (χ0) is 14.7. The lowest BCUT2D eigenvalue weighted by Crippen LogP contribution is -2.35. The van der Waals surface area contributed by atoms with E-state index in [0.717, 1.165) is 37.2 Å². The van der Waals surface area contributed by atoms with Gasteiger partial charge in [0.15, 0.2) is 0 Å². The predicted octanol–water partition coefficient (Wildman–Crippen LogP) is 1.70. The first-order valence-corrected chi connectivity index (χ1v) is 7.12. The summed E-state index contributed by atoms with van der Waals surface area (Å²) < 4.78 is 10.6. The topological polar surface area (TPSA) is 71.6 Å². The number of rotatable bonds is 4. The van der Waals surface area contributed by atoms with Gasteiger partial charge in [-0.2, -0.15) is 4.98 Å². The van der Waals surface area contributed by atoms with Crippen LogP contribution in [-0.4, -0.2) is 46.5 Å². The number of aliphatic hydroxyl groups is 1. The van der Waals surface area contributed by atoms with Crippen LogP contribution in [0.2, 0.25) is 0 Å². The van der Waals surface area contributed by atoms with Crippen molar-refractivity contribution in [3.8, 4) is 17.1 Å². The van der Waals surface area contributed by atoms with Gasteiger partial charge in [0.2, 0.25) is 11.7 Å². The number of likely N-dealkylation sites (tertiary alicyclic amines) is 1. The molecule has 1 N–H and O–H groups in total. The average molecular weight is 289 g/mol. The minimum absolute atomic E-state index is 0.173. The molecule has 0 bridgehead atoms. The van der Waals surface area contributed by atoms with Crippen LogP contribution < -0.4 is 4.74 Å². The molecule has 0 aliphatic carbocycles. The molecule has 6 heteroatoms. The van der Waals surface area contributed by atoms with Crippen molar-refractivity contribution in [2.45, 2.75) is 25.5 Å². The fraction of sp³-hybridized carbons (Fsp3) is 0.467. The van der Waals surface area contributed by atoms with Crippen molar-refractivity contribution in [3.05, 3.63) is 30.2 Å². The highest BCUT2D eigenvalue weighted by Gasteiger charge is 2.20. The normalized spacial score (nSPS) is 17.0. The zero-order valence-electron chi connectivity index (χ0n) is 12.0. The highest BCUT2D eigenvalue weighted by Crippen LogP contribution is 2.27. The maximum atomic E-state index is 9.51. The van der Waals surface area contributed by atoms with E-state index in [1.54, 1.807) is 7.11 Å². The molecule has 1 aliphatic rings. The van der Waals surface area contributed by atoms with Crippen molar-refractivity contribution in [2.24, 2.45) is 0 Å². The van der Waals surface area contributed by atoms with Crippen molar-refractivity contribution in [1.29, 1.82) is 0 Å². The minimum Gasteiger partial charge on any atom is -0.496 e. The summed E-state index contributed by atoms with van der Waals surface area (Å²) in [5, 5.41) is 13.5. The van der Waals surface area contributed by atoms with Gasteiger partial charge in [-0.05, 0) is 25.0 Å². The van der Waals surface area contributed by atoms with Crippen molar-refractivity contribution in [1.82, 2.24) is 15.0 Å². The molecule has 1 aromatic heterocycles. The van der Waals surface area contributed by atoms with Gasteiger partial charge in [-0.1, -0.05) is 17.3 Å². The van der Waals surface area contributed by atoms with Crippen LogP contribution in [-0.2, 0) is 6.54 Å². The molecule has 21 heavy (non-hydrogen) atoms. The summed E-state index contributed by atoms with van der Waals surface area (Å²) in [6.07, 6.45) is 1.43. The third-order valence-electron chi connectivity index (χ3n) is 3.73. The lowest BCUT2D eigenvalue weighted by molar-refractivity contribution is 0.0740. The molecule has 1 aliphatic heterocycles. The van der Waals surface area contributed by atoms with Gasteiger partial charge in [-0.3, -0.25) is 4.90 Å². The molecule has 2 heterocycles. The van der Waals surface area contributed by atoms with E-state index in [9.17, 15) is 5.11 Å². The highest BCUT2D eigenvalue weighted by atomic mass is 16.5. The summed E-state index contributed by atoms with van der Waals surface area (Å²) in [5.41, 5.74) is 0.823. The Hall–Kier alpha value is -1.92. The van der Waals surface area contributed by atoms with Crippen LogP contribution in [0.3, 0.4) is 0 Å². The molecule has 1 saturated heterocycles. The van der Waals surface area contributed by atoms with E-state index in [1.165, 1.54) is 0 Å². The van der Waals surface area contributed by atoms with Gasteiger partial charge in [0.1, 0.15) is 5.75 Å². The van der Waals surface area contributed by atoms with Crippen LogP contribution in [0, 0.1) is 0 Å². The molecule has 0 unspecified atom stereocenters. The predicted molar refractivity (Wildman–Crippen MR) is 76.8 cm³/mol. The molecule has 6 nitrogen and oxygen atoms in total. The highest BCUT2D eigenvalue weighted by molar-refractivity contribution is 5.63. The van der Waals surface area contributed by atoms with Gasteiger partial charge >= 0.3 is 0 Å². The first-order valence-electron chi connectivity index (χ1n) is 7.12. The van der Waals surface area contributed by atoms with Crippen LogP contribution in [0.4, 0.5) is 0 Å². The third kappa shape index (κ3) is 3.22. The maximum Gasteiger partial charge on any atom is 0.241 e. The fourth-order valence-corrected chi connectivity index (χ4v) is 2.53. The van der Waals surface area contributed by atoms with E-state index >= 15 is 0 Å². The van der Waals surface area contributed by atoms with Crippen LogP contribution in [0.1, 0.15) is 18.7 Å². The Bertz CT molecular complexity index is 591. The smallest absolute Gasteiger partial charge is 0.241 e. The van der Waals surface area contributed by atoms with E-state index in [4.69, 9.17) is 9.26 Å². The summed E-state index contributed by atoms with van der Waals surface area (Å²) in [6, 6.07) is 7.60. The Labute approximate surface area is 123 Å². The van der Waals surface area contributed by atoms with E-state index in [-0.39, 0.29) is 6.10 Å². The molecule has 0 spiro atoms. The van der Waals surface area contributed by atoms with Gasteiger partial charge in [0.25, 0.3) is 0 Å². The molecule has 0 atom stereocenters. The van der Waals surface area contributed by atoms with E-state index in [1.807, 2.05) is 24.3 Å². The van der Waals surface area contributed by atoms with Crippen LogP contribution >= 0.6 is 0 Å². The van der Waals surface area contributed by atoms with Crippen molar-refractivity contribution >= 4 is 0 Å². The Kier molecular flexibility index (Phi) is 4.17. The second kappa shape index (κ2) is 6.24. The number of ether oxygens (including phenoxy) is 1. The number of para-hydroxylation sites is 1. The molecule has 112 valence electrons. The molecule has 1 aromatic carbocycles. The summed E-state index contributed by atoms with van der Waals surface area (Å²) in [7, 11) is 1.62. The quantitative estimate of drug-likeness (QED) is 0.923. The number of aliphatic hydroxyl groups excluding tert-OH is 1. The zero-order valence-corrected chi connectivity index (χ0v) is 12.0. The standard InChI is InChI=1S/C15H19N3O3/c1-20-13-5-3-2-4-12(13)15-16-14(21-17-15)10-18-8-6-11(19)7-9-18/h2-5,11,19H,6-10H2,1H3. The number of nitrogens with zero attached hydrogens (tertiary/aromatic N) is 3. The second-order valence-electron chi connectivity index (χ2n) is 5.22. The van der Waals surface area contributed by atoms with Gasteiger partial charge < -0.3 is 14.4 Å². The van der Waals surface area contributed by atoms with Crippen LogP contribution in [0.25, 0.3) is 11.4 Å². The van der Waals surface area contributed by atoms with E-state index < -0.39 is 0 Å². The molecule has 1 fully saturated rings. The number of piperidine rings is 1. The summed E-state index contributed by atoms with van der Waals surface area (Å²) in [4.78, 5) is 6.65. The number of hydrogen-bond donors (Lipinski definition) is 1. The Balaban J connectivity index is 1.71. The van der Waals surface area contributed by atoms with Crippen LogP contribution in [0.15, 0.2) is 28.8 Å². The number of hydrogen-bond acceptors (Lipinski definition) is 6. The van der Waals surface area contributed by atoms with Crippen molar-refractivity contribution in [3.63, 3.8) is 0 Å². The number of aromatic nitrogens is 2. The lowest BCUT2D eigenvalue weighted by Gasteiger charge is -2.27. The van der Waals surface area contributed by atoms with Crippen LogP contribution in [0.5, 0.6) is 5.75 Å². The number of methoxy groups -OCH3 is 1. The van der Waals surface area contributed by atoms with Gasteiger partial charge in [0, 0.05) is 13.1 Å². The van der Waals surface area contributed by atoms with Gasteiger partial charge in [-0.15, -0.1) is 0 Å². The first kappa shape index (κ1) is 14.0. The Morgan fingerprint density at radius 2 is 2.10 bits per heavy atom. The fourth-order valence-electron chi connectivity index (χ4n) is 2.53. The SMILES string of the molecule is COc1ccccc1-c1noc(CN2CCC(O)CC2)n1. The number of benzene rings is 1. The summed E-state index contributed by atoms with van der Waals surface area (Å²) in [6.45, 7) is 2.33. The molecule has 3 rings (SSSR count). The van der Waals surface area contributed by atoms with E-state index in [2.05, 4.69) is 15.0 Å². The van der Waals surface area contributed by atoms with Crippen molar-refractivity contribution < 1.29 is 14.4 Å². The largest absolute Gasteiger partial charge is 0.496 e. The molecular weight excluding hydrogens is 270 g/mol. The third-order valence-corrected chi connectivity index (χ3v) is 3.73. The van der Waals surface area contributed by atoms with E-state index in [0.29, 0.717) is 18.3 Å². The molecular formula is C15H19N3O3. The summed E-state index contributed by atoms with van der Waals surface area (Å²) in [5.74, 6) is 1.86. The maximum absolute atomic E-state index is 9.51. The van der Waals surface area contributed by atoms with Crippen molar-refractivity contribution in [2.75, 3.05) is 20.2 Å². The monoisotopic (exact) mass is 289 g/mol. The average Bonchev–Trinajstić information content (AvgIpc) is 2.98. The van der Waals surface area contributed by atoms with Gasteiger partial charge in [-0.25, -0.2) is 0 Å². The molecule has 0 amide bonds. The Morgan fingerprint density at radius 3 is 2.86 bits per heavy atom.